The van der Waals surface area contributed by atoms with Crippen LogP contribution in [0.3, 0.4) is 0 Å². The molecule has 2 aromatic heterocycles. The quantitative estimate of drug-likeness (QED) is 0.417. The van der Waals surface area contributed by atoms with E-state index >= 15 is 0 Å². The van der Waals surface area contributed by atoms with E-state index < -0.39 is 0 Å². The third-order valence-electron chi connectivity index (χ3n) is 5.10. The Morgan fingerprint density at radius 1 is 0.903 bits per heavy atom. The molecule has 0 aliphatic heterocycles. The molecular formula is C23H17N5O3. The lowest BCUT2D eigenvalue weighted by atomic mass is 10.0. The number of carbonyl (C=O) groups excluding carboxylic acids is 1. The molecule has 0 aliphatic rings. The number of anilines is 1. The number of rotatable bonds is 4. The summed E-state index contributed by atoms with van der Waals surface area (Å²) in [7, 11) is 1.54. The zero-order chi connectivity index (χ0) is 21.4. The number of aromatic nitrogens is 4. The van der Waals surface area contributed by atoms with Crippen molar-refractivity contribution in [2.24, 2.45) is 0 Å². The topological polar surface area (TPSA) is 113 Å². The van der Waals surface area contributed by atoms with Gasteiger partial charge in [-0.05, 0) is 24.3 Å². The van der Waals surface area contributed by atoms with Crippen molar-refractivity contribution in [2.45, 2.75) is 0 Å². The van der Waals surface area contributed by atoms with E-state index in [0.29, 0.717) is 39.2 Å². The first kappa shape index (κ1) is 18.6. The van der Waals surface area contributed by atoms with Crippen LogP contribution in [0.25, 0.3) is 32.9 Å². The van der Waals surface area contributed by atoms with Crippen molar-refractivity contribution >= 4 is 33.3 Å². The summed E-state index contributed by atoms with van der Waals surface area (Å²) in [6, 6.07) is 19.9. The van der Waals surface area contributed by atoms with E-state index in [1.165, 1.54) is 0 Å². The fourth-order valence-electron chi connectivity index (χ4n) is 3.61. The van der Waals surface area contributed by atoms with Gasteiger partial charge in [0.25, 0.3) is 11.5 Å². The standard InChI is InChI=1S/C23H17N5O3/c1-31-19-12-13(24-23(30)21-16-8-4-5-9-18(16)25-27-21)10-11-17(19)20-14-6-2-3-7-15(14)22(29)28-26-20/h2-12H,1H3,(H,24,30)(H,25,27)(H,28,29). The molecule has 0 aliphatic carbocycles. The molecule has 0 fully saturated rings. The monoisotopic (exact) mass is 411 g/mol. The number of amides is 1. The Labute approximate surface area is 175 Å². The van der Waals surface area contributed by atoms with E-state index in [4.69, 9.17) is 4.74 Å². The molecule has 0 bridgehead atoms. The normalized spacial score (nSPS) is 11.0. The first-order valence-corrected chi connectivity index (χ1v) is 9.56. The van der Waals surface area contributed by atoms with Crippen LogP contribution in [-0.4, -0.2) is 33.4 Å². The van der Waals surface area contributed by atoms with Gasteiger partial charge in [0, 0.05) is 28.1 Å². The number of H-pyrrole nitrogens is 2. The molecule has 3 N–H and O–H groups in total. The van der Waals surface area contributed by atoms with Crippen molar-refractivity contribution in [3.05, 3.63) is 82.8 Å². The van der Waals surface area contributed by atoms with Gasteiger partial charge < -0.3 is 10.1 Å². The van der Waals surface area contributed by atoms with Crippen LogP contribution in [0.2, 0.25) is 0 Å². The number of nitrogens with one attached hydrogen (secondary N) is 3. The molecule has 152 valence electrons. The first-order valence-electron chi connectivity index (χ1n) is 9.56. The van der Waals surface area contributed by atoms with Crippen molar-refractivity contribution < 1.29 is 9.53 Å². The fraction of sp³-hybridized carbons (Fsp3) is 0.0435. The second-order valence-corrected chi connectivity index (χ2v) is 6.93. The lowest BCUT2D eigenvalue weighted by Crippen LogP contribution is -2.13. The van der Waals surface area contributed by atoms with Crippen LogP contribution in [0.4, 0.5) is 5.69 Å². The number of benzene rings is 3. The largest absolute Gasteiger partial charge is 0.496 e. The van der Waals surface area contributed by atoms with Gasteiger partial charge in [0.2, 0.25) is 0 Å². The summed E-state index contributed by atoms with van der Waals surface area (Å²) < 4.78 is 5.56. The number of nitrogens with zero attached hydrogens (tertiary/aromatic N) is 2. The predicted molar refractivity (Wildman–Crippen MR) is 118 cm³/mol. The van der Waals surface area contributed by atoms with Gasteiger partial charge in [-0.2, -0.15) is 10.2 Å². The molecule has 5 rings (SSSR count). The van der Waals surface area contributed by atoms with Crippen molar-refractivity contribution in [3.63, 3.8) is 0 Å². The van der Waals surface area contributed by atoms with Gasteiger partial charge in [-0.25, -0.2) is 5.10 Å². The van der Waals surface area contributed by atoms with Gasteiger partial charge in [-0.15, -0.1) is 0 Å². The molecule has 1 amide bonds. The van der Waals surface area contributed by atoms with Crippen LogP contribution in [0.5, 0.6) is 5.75 Å². The number of aromatic amines is 2. The van der Waals surface area contributed by atoms with Crippen molar-refractivity contribution in [2.75, 3.05) is 12.4 Å². The minimum atomic E-state index is -0.333. The van der Waals surface area contributed by atoms with E-state index in [9.17, 15) is 9.59 Å². The van der Waals surface area contributed by atoms with Crippen LogP contribution in [0, 0.1) is 0 Å². The highest BCUT2D eigenvalue weighted by atomic mass is 16.5. The molecule has 3 aromatic carbocycles. The fourth-order valence-corrected chi connectivity index (χ4v) is 3.61. The summed E-state index contributed by atoms with van der Waals surface area (Å²) in [5.41, 5.74) is 2.67. The zero-order valence-corrected chi connectivity index (χ0v) is 16.5. The van der Waals surface area contributed by atoms with E-state index in [2.05, 4.69) is 25.7 Å². The van der Waals surface area contributed by atoms with Crippen molar-refractivity contribution in [1.29, 1.82) is 0 Å². The number of hydrogen-bond donors (Lipinski definition) is 3. The highest BCUT2D eigenvalue weighted by molar-refractivity contribution is 6.11. The number of hydrogen-bond acceptors (Lipinski definition) is 5. The maximum Gasteiger partial charge on any atom is 0.276 e. The van der Waals surface area contributed by atoms with E-state index in [0.717, 1.165) is 10.9 Å². The van der Waals surface area contributed by atoms with Gasteiger partial charge in [0.1, 0.15) is 11.4 Å². The summed E-state index contributed by atoms with van der Waals surface area (Å²) >= 11 is 0. The van der Waals surface area contributed by atoms with Gasteiger partial charge in [-0.1, -0.05) is 36.4 Å². The number of methoxy groups -OCH3 is 1. The summed E-state index contributed by atoms with van der Waals surface area (Å²) in [4.78, 5) is 24.9. The van der Waals surface area contributed by atoms with Gasteiger partial charge >= 0.3 is 0 Å². The number of fused-ring (bicyclic) bond motifs is 2. The van der Waals surface area contributed by atoms with Crippen molar-refractivity contribution in [3.8, 4) is 17.0 Å². The molecule has 0 saturated heterocycles. The smallest absolute Gasteiger partial charge is 0.276 e. The minimum Gasteiger partial charge on any atom is -0.496 e. The van der Waals surface area contributed by atoms with Crippen LogP contribution in [-0.2, 0) is 0 Å². The molecule has 0 spiro atoms. The Morgan fingerprint density at radius 3 is 2.45 bits per heavy atom. The Hall–Kier alpha value is -4.46. The minimum absolute atomic E-state index is 0.256. The molecule has 0 saturated carbocycles. The first-order chi connectivity index (χ1) is 15.2. The van der Waals surface area contributed by atoms with Crippen LogP contribution >= 0.6 is 0 Å². The highest BCUT2D eigenvalue weighted by Crippen LogP contribution is 2.34. The Balaban J connectivity index is 1.52. The SMILES string of the molecule is COc1cc(NC(=O)c2n[nH]c3ccccc23)ccc1-c1n[nH]c(=O)c2ccccc12. The summed E-state index contributed by atoms with van der Waals surface area (Å²) in [6.45, 7) is 0. The maximum atomic E-state index is 12.8. The van der Waals surface area contributed by atoms with Crippen LogP contribution in [0.1, 0.15) is 10.5 Å². The molecule has 31 heavy (non-hydrogen) atoms. The zero-order valence-electron chi connectivity index (χ0n) is 16.5. The number of carbonyl (C=O) groups is 1. The van der Waals surface area contributed by atoms with Gasteiger partial charge in [0.15, 0.2) is 5.69 Å². The lowest BCUT2D eigenvalue weighted by molar-refractivity contribution is 0.102. The lowest BCUT2D eigenvalue weighted by Gasteiger charge is -2.12. The molecule has 2 heterocycles. The second kappa shape index (κ2) is 7.42. The third-order valence-corrected chi connectivity index (χ3v) is 5.10. The van der Waals surface area contributed by atoms with E-state index in [1.54, 1.807) is 37.4 Å². The molecule has 8 heteroatoms. The Bertz CT molecular complexity index is 1500. The maximum absolute atomic E-state index is 12.8. The van der Waals surface area contributed by atoms with Crippen LogP contribution < -0.4 is 15.6 Å². The van der Waals surface area contributed by atoms with Crippen molar-refractivity contribution in [1.82, 2.24) is 20.4 Å². The summed E-state index contributed by atoms with van der Waals surface area (Å²) in [5, 5.41) is 18.6. The van der Waals surface area contributed by atoms with Crippen LogP contribution in [0.15, 0.2) is 71.5 Å². The molecule has 8 nitrogen and oxygen atoms in total. The van der Waals surface area contributed by atoms with E-state index in [-0.39, 0.29) is 11.5 Å². The van der Waals surface area contributed by atoms with Gasteiger partial charge in [0.05, 0.1) is 18.0 Å². The molecular weight excluding hydrogens is 394 g/mol. The van der Waals surface area contributed by atoms with Gasteiger partial charge in [-0.3, -0.25) is 14.7 Å². The average Bonchev–Trinajstić information content (AvgIpc) is 3.24. The summed E-state index contributed by atoms with van der Waals surface area (Å²) in [5.74, 6) is 0.175. The Kier molecular flexibility index (Phi) is 4.44. The summed E-state index contributed by atoms with van der Waals surface area (Å²) in [6.07, 6.45) is 0. The molecule has 0 radical (unpaired) electrons. The number of ether oxygens (including phenoxy) is 1. The third kappa shape index (κ3) is 3.20. The molecule has 0 unspecified atom stereocenters. The average molecular weight is 411 g/mol. The highest BCUT2D eigenvalue weighted by Gasteiger charge is 2.17. The molecule has 5 aromatic rings. The second-order valence-electron chi connectivity index (χ2n) is 6.93. The predicted octanol–water partition coefficient (Wildman–Crippen LogP) is 3.73. The number of para-hydroxylation sites is 1. The Morgan fingerprint density at radius 2 is 1.65 bits per heavy atom. The van der Waals surface area contributed by atoms with E-state index in [1.807, 2.05) is 36.4 Å². The molecule has 0 atom stereocenters.